The van der Waals surface area contributed by atoms with E-state index in [1.54, 1.807) is 0 Å². The molecule has 1 aromatic carbocycles. The number of hydrogen-bond acceptors (Lipinski definition) is 2. The second-order valence-electron chi connectivity index (χ2n) is 6.99. The van der Waals surface area contributed by atoms with Crippen LogP contribution in [0, 0.1) is 32.1 Å². The van der Waals surface area contributed by atoms with Crippen LogP contribution in [0.5, 0.6) is 0 Å². The molecule has 0 aromatic heterocycles. The van der Waals surface area contributed by atoms with Crippen LogP contribution in [0.2, 0.25) is 0 Å². The Balaban J connectivity index is 2.72. The SMILES string of the molecule is CC(=O)C1(C(=O)O)CCCC(C)C1c1c(C)cc(C)cc1C. The minimum Gasteiger partial charge on any atom is -0.480 e. The molecular weight excluding hydrogens is 276 g/mol. The molecule has 3 atom stereocenters. The summed E-state index contributed by atoms with van der Waals surface area (Å²) in [6.07, 6.45) is 2.21. The topological polar surface area (TPSA) is 54.4 Å². The van der Waals surface area contributed by atoms with E-state index in [4.69, 9.17) is 0 Å². The molecule has 0 bridgehead atoms. The van der Waals surface area contributed by atoms with E-state index in [0.717, 1.165) is 29.5 Å². The molecule has 1 aliphatic rings. The summed E-state index contributed by atoms with van der Waals surface area (Å²) in [5.74, 6) is -1.22. The second kappa shape index (κ2) is 5.86. The lowest BCUT2D eigenvalue weighted by molar-refractivity contribution is -0.159. The molecule has 0 radical (unpaired) electrons. The highest BCUT2D eigenvalue weighted by atomic mass is 16.4. The van der Waals surface area contributed by atoms with Crippen LogP contribution in [-0.2, 0) is 9.59 Å². The zero-order valence-electron chi connectivity index (χ0n) is 14.2. The minimum absolute atomic E-state index is 0.189. The Morgan fingerprint density at radius 2 is 1.73 bits per heavy atom. The van der Waals surface area contributed by atoms with Gasteiger partial charge >= 0.3 is 5.97 Å². The quantitative estimate of drug-likeness (QED) is 0.852. The van der Waals surface area contributed by atoms with Crippen molar-refractivity contribution in [3.63, 3.8) is 0 Å². The first-order chi connectivity index (χ1) is 10.2. The Labute approximate surface area is 132 Å². The molecule has 1 fully saturated rings. The van der Waals surface area contributed by atoms with Crippen molar-refractivity contribution < 1.29 is 14.7 Å². The van der Waals surface area contributed by atoms with Gasteiger partial charge in [-0.2, -0.15) is 0 Å². The molecule has 120 valence electrons. The molecule has 2 rings (SSSR count). The maximum atomic E-state index is 12.4. The van der Waals surface area contributed by atoms with E-state index in [0.29, 0.717) is 6.42 Å². The Hall–Kier alpha value is -1.64. The fourth-order valence-electron chi connectivity index (χ4n) is 4.51. The summed E-state index contributed by atoms with van der Waals surface area (Å²) in [6, 6.07) is 4.19. The van der Waals surface area contributed by atoms with Gasteiger partial charge in [0.05, 0.1) is 0 Å². The maximum absolute atomic E-state index is 12.4. The lowest BCUT2D eigenvalue weighted by Crippen LogP contribution is -2.48. The van der Waals surface area contributed by atoms with Crippen LogP contribution in [0.15, 0.2) is 12.1 Å². The van der Waals surface area contributed by atoms with Crippen LogP contribution in [0.4, 0.5) is 0 Å². The summed E-state index contributed by atoms with van der Waals surface area (Å²) in [6.45, 7) is 9.64. The van der Waals surface area contributed by atoms with E-state index in [1.807, 2.05) is 20.8 Å². The van der Waals surface area contributed by atoms with Crippen molar-refractivity contribution in [1.29, 1.82) is 0 Å². The molecule has 0 saturated heterocycles. The average molecular weight is 302 g/mol. The first-order valence-electron chi connectivity index (χ1n) is 8.04. The highest BCUT2D eigenvalue weighted by Crippen LogP contribution is 2.52. The molecule has 3 heteroatoms. The smallest absolute Gasteiger partial charge is 0.317 e. The first-order valence-corrected chi connectivity index (χ1v) is 8.04. The first kappa shape index (κ1) is 16.7. The van der Waals surface area contributed by atoms with Crippen LogP contribution in [0.1, 0.15) is 61.3 Å². The van der Waals surface area contributed by atoms with Gasteiger partial charge in [-0.15, -0.1) is 0 Å². The molecule has 1 N–H and O–H groups in total. The number of aliphatic carboxylic acids is 1. The number of benzene rings is 1. The number of rotatable bonds is 3. The standard InChI is InChI=1S/C19H26O3/c1-11-9-13(3)16(14(4)10-11)17-12(2)7-6-8-19(17,15(5)20)18(21)22/h9-10,12,17H,6-8H2,1-5H3,(H,21,22). The fourth-order valence-corrected chi connectivity index (χ4v) is 4.51. The van der Waals surface area contributed by atoms with Gasteiger partial charge in [0.2, 0.25) is 0 Å². The Kier molecular flexibility index (Phi) is 4.46. The normalized spacial score (nSPS) is 28.4. The van der Waals surface area contributed by atoms with E-state index in [9.17, 15) is 14.7 Å². The summed E-state index contributed by atoms with van der Waals surface area (Å²) >= 11 is 0. The Bertz CT molecular complexity index is 578. The predicted octanol–water partition coefficient (Wildman–Crippen LogP) is 4.18. The van der Waals surface area contributed by atoms with Gasteiger partial charge in [0.25, 0.3) is 0 Å². The number of Topliss-reactive ketones (excluding diaryl/α,β-unsaturated/α-hetero) is 1. The van der Waals surface area contributed by atoms with Gasteiger partial charge in [-0.25, -0.2) is 0 Å². The van der Waals surface area contributed by atoms with Crippen molar-refractivity contribution in [2.75, 3.05) is 0 Å². The number of hydrogen-bond donors (Lipinski definition) is 1. The zero-order chi connectivity index (χ0) is 16.7. The molecule has 22 heavy (non-hydrogen) atoms. The van der Waals surface area contributed by atoms with Crippen molar-refractivity contribution in [3.8, 4) is 0 Å². The lowest BCUT2D eigenvalue weighted by atomic mass is 9.57. The summed E-state index contributed by atoms with van der Waals surface area (Å²) < 4.78 is 0. The van der Waals surface area contributed by atoms with Gasteiger partial charge < -0.3 is 5.11 Å². The summed E-state index contributed by atoms with van der Waals surface area (Å²) in [5, 5.41) is 9.92. The van der Waals surface area contributed by atoms with E-state index < -0.39 is 11.4 Å². The van der Waals surface area contributed by atoms with Crippen LogP contribution >= 0.6 is 0 Å². The van der Waals surface area contributed by atoms with E-state index in [2.05, 4.69) is 19.1 Å². The minimum atomic E-state index is -1.28. The second-order valence-corrected chi connectivity index (χ2v) is 6.99. The number of carboxylic acids is 1. The van der Waals surface area contributed by atoms with E-state index in [1.165, 1.54) is 12.5 Å². The van der Waals surface area contributed by atoms with Crippen molar-refractivity contribution >= 4 is 11.8 Å². The van der Waals surface area contributed by atoms with Gasteiger partial charge in [-0.1, -0.05) is 37.5 Å². The molecule has 0 heterocycles. The van der Waals surface area contributed by atoms with E-state index >= 15 is 0 Å². The van der Waals surface area contributed by atoms with Crippen molar-refractivity contribution in [1.82, 2.24) is 0 Å². The molecule has 0 amide bonds. The van der Waals surface area contributed by atoms with Gasteiger partial charge in [-0.3, -0.25) is 9.59 Å². The molecule has 0 spiro atoms. The van der Waals surface area contributed by atoms with Gasteiger partial charge in [0.1, 0.15) is 11.2 Å². The predicted molar refractivity (Wildman–Crippen MR) is 87.2 cm³/mol. The van der Waals surface area contributed by atoms with Crippen LogP contribution in [-0.4, -0.2) is 16.9 Å². The number of carboxylic acid groups (broad SMARTS) is 1. The molecule has 3 unspecified atom stereocenters. The third kappa shape index (κ3) is 2.47. The van der Waals surface area contributed by atoms with Gasteiger partial charge in [-0.05, 0) is 56.7 Å². The van der Waals surface area contributed by atoms with Crippen LogP contribution < -0.4 is 0 Å². The summed E-state index contributed by atoms with van der Waals surface area (Å²) in [5.41, 5.74) is 3.16. The Morgan fingerprint density at radius 1 is 1.18 bits per heavy atom. The highest BCUT2D eigenvalue weighted by molar-refractivity contribution is 6.03. The van der Waals surface area contributed by atoms with Crippen molar-refractivity contribution in [2.24, 2.45) is 11.3 Å². The number of carbonyl (C=O) groups excluding carboxylic acids is 1. The maximum Gasteiger partial charge on any atom is 0.317 e. The number of aryl methyl sites for hydroxylation is 3. The van der Waals surface area contributed by atoms with E-state index in [-0.39, 0.29) is 17.6 Å². The molecule has 0 aliphatic heterocycles. The van der Waals surface area contributed by atoms with Gasteiger partial charge in [0, 0.05) is 5.92 Å². The number of ketones is 1. The van der Waals surface area contributed by atoms with Crippen molar-refractivity contribution in [2.45, 2.75) is 59.8 Å². The van der Waals surface area contributed by atoms with Crippen LogP contribution in [0.3, 0.4) is 0 Å². The molecule has 3 nitrogen and oxygen atoms in total. The van der Waals surface area contributed by atoms with Crippen molar-refractivity contribution in [3.05, 3.63) is 34.4 Å². The third-order valence-corrected chi connectivity index (χ3v) is 5.39. The third-order valence-electron chi connectivity index (χ3n) is 5.39. The zero-order valence-corrected chi connectivity index (χ0v) is 14.2. The molecule has 1 aromatic rings. The number of carbonyl (C=O) groups is 2. The average Bonchev–Trinajstić information content (AvgIpc) is 2.38. The largest absolute Gasteiger partial charge is 0.480 e. The summed E-state index contributed by atoms with van der Waals surface area (Å²) in [4.78, 5) is 24.5. The summed E-state index contributed by atoms with van der Waals surface area (Å²) in [7, 11) is 0. The van der Waals surface area contributed by atoms with Gasteiger partial charge in [0.15, 0.2) is 0 Å². The molecule has 1 aliphatic carbocycles. The highest BCUT2D eigenvalue weighted by Gasteiger charge is 2.54. The monoisotopic (exact) mass is 302 g/mol. The fraction of sp³-hybridized carbons (Fsp3) is 0.579. The molecular formula is C19H26O3. The van der Waals surface area contributed by atoms with Crippen LogP contribution in [0.25, 0.3) is 0 Å². The molecule has 1 saturated carbocycles. The lowest BCUT2D eigenvalue weighted by Gasteiger charge is -2.44. The Morgan fingerprint density at radius 3 is 2.18 bits per heavy atom.